The molecule has 0 bridgehead atoms. The van der Waals surface area contributed by atoms with Gasteiger partial charge < -0.3 is 14.8 Å². The largest absolute Gasteiger partial charge is 0.493 e. The smallest absolute Gasteiger partial charge is 0.261 e. The van der Waals surface area contributed by atoms with Crippen LogP contribution in [0.2, 0.25) is 0 Å². The molecule has 0 aliphatic carbocycles. The van der Waals surface area contributed by atoms with Crippen LogP contribution in [0.3, 0.4) is 0 Å². The van der Waals surface area contributed by atoms with E-state index in [1.54, 1.807) is 7.11 Å². The number of fused-ring (bicyclic) bond motifs is 1. The summed E-state index contributed by atoms with van der Waals surface area (Å²) in [5.74, 6) is -0.123. The molecule has 2 rings (SSSR count). The number of methoxy groups -OCH3 is 1. The quantitative estimate of drug-likeness (QED) is 0.647. The summed E-state index contributed by atoms with van der Waals surface area (Å²) in [6, 6.07) is 4.29. The first-order chi connectivity index (χ1) is 9.93. The van der Waals surface area contributed by atoms with Crippen molar-refractivity contribution in [3.05, 3.63) is 23.8 Å². The Hall–Kier alpha value is -1.31. The summed E-state index contributed by atoms with van der Waals surface area (Å²) in [5.41, 5.74) is 0.540. The molecule has 0 fully saturated rings. The molecule has 1 aliphatic heterocycles. The number of hydrogen-bond acceptors (Lipinski definition) is 5. The van der Waals surface area contributed by atoms with Gasteiger partial charge in [-0.15, -0.1) is 0 Å². The van der Waals surface area contributed by atoms with E-state index in [1.165, 1.54) is 18.2 Å². The topological polar surface area (TPSA) is 81.7 Å². The number of ether oxygens (including phenoxy) is 2. The van der Waals surface area contributed by atoms with Crippen molar-refractivity contribution < 1.29 is 22.7 Å². The lowest BCUT2D eigenvalue weighted by atomic mass is 9.92. The van der Waals surface area contributed by atoms with Crippen LogP contribution in [-0.2, 0) is 18.6 Å². The van der Waals surface area contributed by atoms with Crippen LogP contribution in [0.15, 0.2) is 23.1 Å². The maximum absolute atomic E-state index is 12.2. The molecule has 116 valence electrons. The summed E-state index contributed by atoms with van der Waals surface area (Å²) in [6.07, 6.45) is 0.484. The highest BCUT2D eigenvalue weighted by molar-refractivity contribution is 8.13. The molecule has 1 heterocycles. The fourth-order valence-corrected chi connectivity index (χ4v) is 2.98. The van der Waals surface area contributed by atoms with Crippen LogP contribution in [-0.4, -0.2) is 41.2 Å². The third kappa shape index (κ3) is 3.87. The van der Waals surface area contributed by atoms with E-state index >= 15 is 0 Å². The second kappa shape index (κ2) is 6.64. The zero-order valence-corrected chi connectivity index (χ0v) is 13.0. The number of benzene rings is 1. The highest BCUT2D eigenvalue weighted by atomic mass is 35.7. The molecule has 6 nitrogen and oxygen atoms in total. The van der Waals surface area contributed by atoms with Gasteiger partial charge in [-0.1, -0.05) is 0 Å². The summed E-state index contributed by atoms with van der Waals surface area (Å²) in [5, 5.41) is 2.75. The molecule has 21 heavy (non-hydrogen) atoms. The van der Waals surface area contributed by atoms with Gasteiger partial charge in [-0.3, -0.25) is 4.79 Å². The molecule has 0 spiro atoms. The SMILES string of the molecule is COCCNC(=O)C1CCOc2ccc(S(=O)(=O)Cl)cc21. The maximum atomic E-state index is 12.2. The van der Waals surface area contributed by atoms with Crippen molar-refractivity contribution in [3.8, 4) is 5.75 Å². The van der Waals surface area contributed by atoms with Gasteiger partial charge in [-0.2, -0.15) is 0 Å². The lowest BCUT2D eigenvalue weighted by Crippen LogP contribution is -2.34. The molecule has 1 N–H and O–H groups in total. The van der Waals surface area contributed by atoms with E-state index in [0.29, 0.717) is 37.5 Å². The van der Waals surface area contributed by atoms with E-state index in [4.69, 9.17) is 20.2 Å². The highest BCUT2D eigenvalue weighted by Gasteiger charge is 2.29. The highest BCUT2D eigenvalue weighted by Crippen LogP contribution is 2.36. The zero-order chi connectivity index (χ0) is 15.5. The molecule has 1 unspecified atom stereocenters. The molecule has 1 amide bonds. The minimum atomic E-state index is -3.84. The Morgan fingerprint density at radius 2 is 2.29 bits per heavy atom. The van der Waals surface area contributed by atoms with Gasteiger partial charge in [0.2, 0.25) is 5.91 Å². The first-order valence-electron chi connectivity index (χ1n) is 6.41. The Morgan fingerprint density at radius 3 is 2.95 bits per heavy atom. The van der Waals surface area contributed by atoms with E-state index in [0.717, 1.165) is 0 Å². The molecule has 1 aromatic carbocycles. The monoisotopic (exact) mass is 333 g/mol. The van der Waals surface area contributed by atoms with Crippen LogP contribution >= 0.6 is 10.7 Å². The molecule has 1 aromatic rings. The van der Waals surface area contributed by atoms with Gasteiger partial charge in [0, 0.05) is 29.9 Å². The lowest BCUT2D eigenvalue weighted by molar-refractivity contribution is -0.123. The van der Waals surface area contributed by atoms with Crippen molar-refractivity contribution in [2.75, 3.05) is 26.9 Å². The number of carbonyl (C=O) groups is 1. The predicted octanol–water partition coefficient (Wildman–Crippen LogP) is 1.24. The summed E-state index contributed by atoms with van der Waals surface area (Å²) < 4.78 is 33.2. The molecule has 0 aromatic heterocycles. The van der Waals surface area contributed by atoms with Gasteiger partial charge in [0.15, 0.2) is 0 Å². The number of nitrogens with one attached hydrogen (secondary N) is 1. The van der Waals surface area contributed by atoms with Crippen molar-refractivity contribution >= 4 is 25.6 Å². The van der Waals surface area contributed by atoms with Crippen LogP contribution in [0.25, 0.3) is 0 Å². The van der Waals surface area contributed by atoms with Gasteiger partial charge in [0.25, 0.3) is 9.05 Å². The van der Waals surface area contributed by atoms with Crippen LogP contribution < -0.4 is 10.1 Å². The van der Waals surface area contributed by atoms with Crippen LogP contribution in [0.5, 0.6) is 5.75 Å². The van der Waals surface area contributed by atoms with E-state index in [-0.39, 0.29) is 10.8 Å². The van der Waals surface area contributed by atoms with E-state index in [2.05, 4.69) is 5.32 Å². The van der Waals surface area contributed by atoms with Crippen LogP contribution in [0.4, 0.5) is 0 Å². The Bertz CT molecular complexity index is 631. The fraction of sp³-hybridized carbons (Fsp3) is 0.462. The van der Waals surface area contributed by atoms with Crippen molar-refractivity contribution in [2.24, 2.45) is 0 Å². The summed E-state index contributed by atoms with van der Waals surface area (Å²) in [6.45, 7) is 1.22. The molecular weight excluding hydrogens is 318 g/mol. The van der Waals surface area contributed by atoms with Crippen molar-refractivity contribution in [3.63, 3.8) is 0 Å². The minimum Gasteiger partial charge on any atom is -0.493 e. The van der Waals surface area contributed by atoms with E-state index < -0.39 is 15.0 Å². The Balaban J connectivity index is 2.26. The number of halogens is 1. The molecule has 0 saturated carbocycles. The number of hydrogen-bond donors (Lipinski definition) is 1. The van der Waals surface area contributed by atoms with Crippen LogP contribution in [0, 0.1) is 0 Å². The minimum absolute atomic E-state index is 0.0388. The Labute approximate surface area is 127 Å². The standard InChI is InChI=1S/C13H16ClNO5S/c1-19-7-5-15-13(16)10-4-6-20-12-3-2-9(8-11(10)12)21(14,17)18/h2-3,8,10H,4-7H2,1H3,(H,15,16). The number of rotatable bonds is 5. The van der Waals surface area contributed by atoms with Crippen LogP contribution in [0.1, 0.15) is 17.9 Å². The first-order valence-corrected chi connectivity index (χ1v) is 8.72. The van der Waals surface area contributed by atoms with Gasteiger partial charge >= 0.3 is 0 Å². The van der Waals surface area contributed by atoms with Gasteiger partial charge in [0.05, 0.1) is 24.0 Å². The second-order valence-electron chi connectivity index (χ2n) is 4.61. The normalized spacial score (nSPS) is 17.7. The summed E-state index contributed by atoms with van der Waals surface area (Å²) >= 11 is 0. The zero-order valence-electron chi connectivity index (χ0n) is 11.5. The molecule has 8 heteroatoms. The summed E-state index contributed by atoms with van der Waals surface area (Å²) in [4.78, 5) is 12.2. The molecule has 0 radical (unpaired) electrons. The average molecular weight is 334 g/mol. The number of amides is 1. The average Bonchev–Trinajstić information content (AvgIpc) is 2.45. The van der Waals surface area contributed by atoms with Gasteiger partial charge in [-0.05, 0) is 24.6 Å². The van der Waals surface area contributed by atoms with Gasteiger partial charge in [0.1, 0.15) is 5.75 Å². The second-order valence-corrected chi connectivity index (χ2v) is 7.18. The van der Waals surface area contributed by atoms with Gasteiger partial charge in [-0.25, -0.2) is 8.42 Å². The molecule has 1 aliphatic rings. The Morgan fingerprint density at radius 1 is 1.52 bits per heavy atom. The van der Waals surface area contributed by atoms with E-state index in [9.17, 15) is 13.2 Å². The van der Waals surface area contributed by atoms with E-state index in [1.807, 2.05) is 0 Å². The lowest BCUT2D eigenvalue weighted by Gasteiger charge is -2.25. The van der Waals surface area contributed by atoms with Crippen molar-refractivity contribution in [1.82, 2.24) is 5.32 Å². The predicted molar refractivity (Wildman–Crippen MR) is 77.2 cm³/mol. The Kier molecular flexibility index (Phi) is 5.08. The molecular formula is C13H16ClNO5S. The first kappa shape index (κ1) is 16.1. The molecule has 0 saturated heterocycles. The third-order valence-electron chi connectivity index (χ3n) is 3.22. The summed E-state index contributed by atoms with van der Waals surface area (Å²) in [7, 11) is 3.05. The van der Waals surface area contributed by atoms with Crippen molar-refractivity contribution in [2.45, 2.75) is 17.2 Å². The fourth-order valence-electron chi connectivity index (χ4n) is 2.20. The number of carbonyl (C=O) groups excluding carboxylic acids is 1. The third-order valence-corrected chi connectivity index (χ3v) is 4.58. The maximum Gasteiger partial charge on any atom is 0.261 e. The van der Waals surface area contributed by atoms with Crippen molar-refractivity contribution in [1.29, 1.82) is 0 Å². The molecule has 1 atom stereocenters.